The third kappa shape index (κ3) is 6.27. The van der Waals surface area contributed by atoms with Crippen molar-refractivity contribution in [1.29, 1.82) is 5.41 Å². The van der Waals surface area contributed by atoms with E-state index in [1.165, 1.54) is 0 Å². The molecular formula is C30H37N5O3S. The Hall–Kier alpha value is -3.40. The maximum Gasteiger partial charge on any atom is 0.246 e. The van der Waals surface area contributed by atoms with E-state index in [4.69, 9.17) is 20.6 Å². The van der Waals surface area contributed by atoms with Gasteiger partial charge in [0.05, 0.1) is 12.8 Å². The number of piperidine rings is 1. The largest absolute Gasteiger partial charge is 0.493 e. The van der Waals surface area contributed by atoms with Crippen LogP contribution in [0.5, 0.6) is 11.5 Å². The predicted molar refractivity (Wildman–Crippen MR) is 157 cm³/mol. The molecule has 2 aliphatic heterocycles. The highest BCUT2D eigenvalue weighted by molar-refractivity contribution is 7.08. The number of amides is 1. The van der Waals surface area contributed by atoms with Gasteiger partial charge in [-0.2, -0.15) is 11.3 Å². The maximum absolute atomic E-state index is 13.5. The number of ether oxygens (including phenoxy) is 2. The minimum absolute atomic E-state index is 0.0744. The molecule has 1 amide bonds. The van der Waals surface area contributed by atoms with Gasteiger partial charge in [-0.25, -0.2) is 0 Å². The van der Waals surface area contributed by atoms with E-state index in [1.54, 1.807) is 36.6 Å². The van der Waals surface area contributed by atoms with Gasteiger partial charge in [0.15, 0.2) is 11.5 Å². The Morgan fingerprint density at radius 3 is 2.54 bits per heavy atom. The molecule has 0 bridgehead atoms. The van der Waals surface area contributed by atoms with E-state index in [0.717, 1.165) is 57.4 Å². The minimum Gasteiger partial charge on any atom is -0.493 e. The molecule has 4 N–H and O–H groups in total. The molecule has 1 atom stereocenters. The highest BCUT2D eigenvalue weighted by Gasteiger charge is 2.30. The van der Waals surface area contributed by atoms with E-state index in [-0.39, 0.29) is 23.8 Å². The lowest BCUT2D eigenvalue weighted by atomic mass is 9.99. The number of hydrogen-bond donors (Lipinski definition) is 3. The number of carbonyl (C=O) groups excluding carboxylic acids is 1. The zero-order valence-electron chi connectivity index (χ0n) is 22.6. The highest BCUT2D eigenvalue weighted by Crippen LogP contribution is 2.33. The summed E-state index contributed by atoms with van der Waals surface area (Å²) in [6.45, 7) is 3.83. The van der Waals surface area contributed by atoms with Gasteiger partial charge in [0.25, 0.3) is 0 Å². The van der Waals surface area contributed by atoms with Crippen LogP contribution in [0.15, 0.2) is 53.2 Å². The first-order valence-electron chi connectivity index (χ1n) is 13.5. The number of rotatable bonds is 9. The van der Waals surface area contributed by atoms with E-state index < -0.39 is 0 Å². The van der Waals surface area contributed by atoms with Crippen LogP contribution in [0.1, 0.15) is 48.4 Å². The molecule has 1 unspecified atom stereocenters. The van der Waals surface area contributed by atoms with Crippen molar-refractivity contribution in [3.05, 3.63) is 69.9 Å². The van der Waals surface area contributed by atoms with Gasteiger partial charge in [0.2, 0.25) is 5.91 Å². The van der Waals surface area contributed by atoms with Gasteiger partial charge in [0.1, 0.15) is 12.1 Å². The van der Waals surface area contributed by atoms with Crippen molar-refractivity contribution in [3.8, 4) is 11.5 Å². The van der Waals surface area contributed by atoms with Crippen molar-refractivity contribution in [2.45, 2.75) is 37.8 Å². The predicted octanol–water partition coefficient (Wildman–Crippen LogP) is 5.00. The molecule has 39 heavy (non-hydrogen) atoms. The summed E-state index contributed by atoms with van der Waals surface area (Å²) >= 11 is 1.60. The number of anilines is 2. The molecular weight excluding hydrogens is 510 g/mol. The molecule has 2 fully saturated rings. The molecule has 2 aliphatic rings. The summed E-state index contributed by atoms with van der Waals surface area (Å²) in [7, 11) is 3.73. The van der Waals surface area contributed by atoms with Gasteiger partial charge in [0, 0.05) is 35.6 Å². The van der Waals surface area contributed by atoms with Gasteiger partial charge in [-0.15, -0.1) is 0 Å². The summed E-state index contributed by atoms with van der Waals surface area (Å²) in [4.78, 5) is 18.0. The number of thiophene rings is 1. The van der Waals surface area contributed by atoms with Gasteiger partial charge in [-0.3, -0.25) is 15.1 Å². The summed E-state index contributed by atoms with van der Waals surface area (Å²) in [6.07, 6.45) is 4.29. The van der Waals surface area contributed by atoms with Crippen molar-refractivity contribution < 1.29 is 14.3 Å². The second-order valence-corrected chi connectivity index (χ2v) is 11.1. The van der Waals surface area contributed by atoms with Gasteiger partial charge in [-0.05, 0) is 105 Å². The van der Waals surface area contributed by atoms with Crippen molar-refractivity contribution in [1.82, 2.24) is 9.80 Å². The van der Waals surface area contributed by atoms with Gasteiger partial charge in [-0.1, -0.05) is 0 Å². The number of methoxy groups -OCH3 is 1. The Balaban J connectivity index is 1.33. The summed E-state index contributed by atoms with van der Waals surface area (Å²) in [5, 5.41) is 16.1. The fourth-order valence-electron chi connectivity index (χ4n) is 5.38. The monoisotopic (exact) mass is 547 g/mol. The highest BCUT2D eigenvalue weighted by atomic mass is 32.1. The van der Waals surface area contributed by atoms with Crippen LogP contribution < -0.4 is 20.5 Å². The van der Waals surface area contributed by atoms with Crippen LogP contribution in [0.2, 0.25) is 0 Å². The number of likely N-dealkylation sites (tertiary alicyclic amines) is 2. The Labute approximate surface area is 234 Å². The molecule has 0 spiro atoms. The number of benzene rings is 2. The topological polar surface area (TPSA) is 104 Å². The molecule has 206 valence electrons. The van der Waals surface area contributed by atoms with E-state index in [1.807, 2.05) is 35.0 Å². The molecule has 0 saturated carbocycles. The second-order valence-electron chi connectivity index (χ2n) is 10.4. The van der Waals surface area contributed by atoms with Crippen molar-refractivity contribution in [2.24, 2.45) is 0 Å². The summed E-state index contributed by atoms with van der Waals surface area (Å²) in [6, 6.07) is 12.5. The van der Waals surface area contributed by atoms with Crippen molar-refractivity contribution in [3.63, 3.8) is 0 Å². The van der Waals surface area contributed by atoms with E-state index >= 15 is 0 Å². The van der Waals surface area contributed by atoms with E-state index in [9.17, 15) is 4.79 Å². The first kappa shape index (κ1) is 27.2. The second kappa shape index (κ2) is 12.2. The van der Waals surface area contributed by atoms with Crippen LogP contribution in [-0.4, -0.2) is 67.9 Å². The third-order valence-electron chi connectivity index (χ3n) is 7.61. The molecule has 0 radical (unpaired) electrons. The number of hydrogen-bond acceptors (Lipinski definition) is 8. The molecule has 1 aromatic heterocycles. The lowest BCUT2D eigenvalue weighted by Gasteiger charge is -2.29. The number of nitrogens with two attached hydrogens (primary N) is 1. The number of carbonyl (C=O) groups is 1. The van der Waals surface area contributed by atoms with Gasteiger partial charge >= 0.3 is 0 Å². The molecule has 3 heterocycles. The normalized spacial score (nSPS) is 17.6. The standard InChI is InChI=1S/C30H37N5O3S/c1-34-14-9-23(10-15-34)38-26-8-5-20(17-27(26)37-2)28(32)24-18-22(6-7-25(24)31)33-30(36)29(21-11-16-39-19-21)35-12-3-4-13-35/h5-8,11,16-19,23,29,32H,3-4,9-10,12-15,31H2,1-2H3,(H,33,36). The zero-order chi connectivity index (χ0) is 27.4. The van der Waals surface area contributed by atoms with E-state index in [0.29, 0.717) is 34.0 Å². The lowest BCUT2D eigenvalue weighted by Crippen LogP contribution is -2.35. The smallest absolute Gasteiger partial charge is 0.246 e. The van der Waals surface area contributed by atoms with Gasteiger partial charge < -0.3 is 25.4 Å². The number of nitrogens with zero attached hydrogens (tertiary/aromatic N) is 2. The minimum atomic E-state index is -0.333. The molecule has 2 saturated heterocycles. The first-order chi connectivity index (χ1) is 18.9. The van der Waals surface area contributed by atoms with Crippen LogP contribution in [-0.2, 0) is 4.79 Å². The fraction of sp³-hybridized carbons (Fsp3) is 0.400. The summed E-state index contributed by atoms with van der Waals surface area (Å²) < 4.78 is 11.9. The van der Waals surface area contributed by atoms with Crippen molar-refractivity contribution >= 4 is 34.3 Å². The van der Waals surface area contributed by atoms with Crippen LogP contribution in [0.25, 0.3) is 0 Å². The quantitative estimate of drug-likeness (QED) is 0.257. The fourth-order valence-corrected chi connectivity index (χ4v) is 6.06. The van der Waals surface area contributed by atoms with E-state index in [2.05, 4.69) is 22.2 Å². The summed E-state index contributed by atoms with van der Waals surface area (Å²) in [5.74, 6) is 1.19. The van der Waals surface area contributed by atoms with Crippen LogP contribution in [0, 0.1) is 5.41 Å². The van der Waals surface area contributed by atoms with Crippen LogP contribution in [0.3, 0.4) is 0 Å². The molecule has 2 aromatic carbocycles. The third-order valence-corrected chi connectivity index (χ3v) is 8.32. The Morgan fingerprint density at radius 2 is 1.85 bits per heavy atom. The first-order valence-corrected chi connectivity index (χ1v) is 14.5. The molecule has 5 rings (SSSR count). The molecule has 3 aromatic rings. The maximum atomic E-state index is 13.5. The average molecular weight is 548 g/mol. The van der Waals surface area contributed by atoms with Crippen LogP contribution in [0.4, 0.5) is 11.4 Å². The Bertz CT molecular complexity index is 1300. The van der Waals surface area contributed by atoms with Crippen LogP contribution >= 0.6 is 11.3 Å². The Kier molecular flexibility index (Phi) is 8.50. The number of nitrogen functional groups attached to an aromatic ring is 1. The molecule has 0 aliphatic carbocycles. The Morgan fingerprint density at radius 1 is 1.08 bits per heavy atom. The molecule has 8 nitrogen and oxygen atoms in total. The average Bonchev–Trinajstić information content (AvgIpc) is 3.67. The van der Waals surface area contributed by atoms with Crippen molar-refractivity contribution in [2.75, 3.05) is 51.4 Å². The molecule has 9 heteroatoms. The SMILES string of the molecule is COc1cc(C(=N)c2cc(NC(=O)C(c3ccsc3)N3CCCC3)ccc2N)ccc1OC1CCN(C)CC1. The summed E-state index contributed by atoms with van der Waals surface area (Å²) in [5.41, 5.74) is 9.86. The number of nitrogens with one attached hydrogen (secondary N) is 2. The zero-order valence-corrected chi connectivity index (χ0v) is 23.4. The lowest BCUT2D eigenvalue weighted by molar-refractivity contribution is -0.121.